The van der Waals surface area contributed by atoms with Crippen molar-refractivity contribution in [3.63, 3.8) is 0 Å². The highest BCUT2D eigenvalue weighted by atomic mass is 16.5. The number of nitrogens with zero attached hydrogens (tertiary/aromatic N) is 1. The molecule has 2 saturated carbocycles. The molecule has 2 bridgehead atoms. The van der Waals surface area contributed by atoms with Crippen LogP contribution in [0.2, 0.25) is 0 Å². The summed E-state index contributed by atoms with van der Waals surface area (Å²) in [5, 5.41) is 2.73. The second-order valence-electron chi connectivity index (χ2n) is 7.34. The molecule has 0 radical (unpaired) electrons. The van der Waals surface area contributed by atoms with E-state index < -0.39 is 0 Å². The molecule has 1 aromatic carbocycles. The molecule has 2 aliphatic carbocycles. The van der Waals surface area contributed by atoms with Gasteiger partial charge in [0.1, 0.15) is 6.54 Å². The van der Waals surface area contributed by atoms with E-state index in [9.17, 15) is 14.4 Å². The summed E-state index contributed by atoms with van der Waals surface area (Å²) in [6.45, 7) is -0.374. The average Bonchev–Trinajstić information content (AvgIpc) is 3.21. The normalized spacial score (nSPS) is 27.0. The van der Waals surface area contributed by atoms with Crippen LogP contribution in [-0.4, -0.2) is 30.9 Å². The topological polar surface area (TPSA) is 75.7 Å². The lowest BCUT2D eigenvalue weighted by Crippen LogP contribution is -2.44. The van der Waals surface area contributed by atoms with Crippen LogP contribution in [0.1, 0.15) is 32.1 Å². The van der Waals surface area contributed by atoms with Crippen LogP contribution in [0.25, 0.3) is 0 Å². The zero-order chi connectivity index (χ0) is 17.4. The number of hydrogen-bond acceptors (Lipinski definition) is 4. The predicted octanol–water partition coefficient (Wildman–Crippen LogP) is 2.34. The molecule has 0 saturated heterocycles. The smallest absolute Gasteiger partial charge is 0.306 e. The molecule has 25 heavy (non-hydrogen) atoms. The van der Waals surface area contributed by atoms with Crippen LogP contribution in [0.5, 0.6) is 0 Å². The van der Waals surface area contributed by atoms with Crippen LogP contribution < -0.4 is 10.2 Å². The Hall–Kier alpha value is -2.37. The summed E-state index contributed by atoms with van der Waals surface area (Å²) in [7, 11) is 0. The lowest BCUT2D eigenvalue weighted by Gasteiger charge is -2.29. The van der Waals surface area contributed by atoms with Gasteiger partial charge in [-0.05, 0) is 49.1 Å². The minimum absolute atomic E-state index is 0.0558. The first-order valence-corrected chi connectivity index (χ1v) is 8.95. The predicted molar refractivity (Wildman–Crippen MR) is 91.9 cm³/mol. The number of fused-ring (bicyclic) bond motifs is 3. The number of esters is 1. The van der Waals surface area contributed by atoms with Crippen molar-refractivity contribution in [1.29, 1.82) is 0 Å². The summed E-state index contributed by atoms with van der Waals surface area (Å²) >= 11 is 0. The van der Waals surface area contributed by atoms with Gasteiger partial charge in [0.2, 0.25) is 5.91 Å². The standard InChI is InChI=1S/C19H22N2O4/c22-17-10-21(16-4-2-1-3-15(16)20-17)18(23)11-25-19(24)9-14-8-12-5-6-13(14)7-12/h1-4,12-14H,5-11H2,(H,20,22)/t12-,13+,14-/m0/s1. The zero-order valence-electron chi connectivity index (χ0n) is 14.1. The Morgan fingerprint density at radius 1 is 1.20 bits per heavy atom. The lowest BCUT2D eigenvalue weighted by atomic mass is 9.86. The van der Waals surface area contributed by atoms with Crippen molar-refractivity contribution in [2.75, 3.05) is 23.4 Å². The molecule has 1 N–H and O–H groups in total. The first kappa shape index (κ1) is 16.1. The third-order valence-corrected chi connectivity index (χ3v) is 5.74. The van der Waals surface area contributed by atoms with Gasteiger partial charge >= 0.3 is 5.97 Å². The van der Waals surface area contributed by atoms with Crippen molar-refractivity contribution >= 4 is 29.2 Å². The van der Waals surface area contributed by atoms with Crippen molar-refractivity contribution in [3.8, 4) is 0 Å². The highest BCUT2D eigenvalue weighted by Crippen LogP contribution is 2.49. The average molecular weight is 342 g/mol. The fourth-order valence-corrected chi connectivity index (χ4v) is 4.58. The van der Waals surface area contributed by atoms with Gasteiger partial charge in [0.15, 0.2) is 6.61 Å². The van der Waals surface area contributed by atoms with E-state index in [0.29, 0.717) is 29.6 Å². The highest BCUT2D eigenvalue weighted by molar-refractivity contribution is 6.10. The molecule has 3 aliphatic rings. The van der Waals surface area contributed by atoms with Crippen LogP contribution in [0.15, 0.2) is 24.3 Å². The minimum Gasteiger partial charge on any atom is -0.456 e. The fourth-order valence-electron chi connectivity index (χ4n) is 4.58. The SMILES string of the molecule is O=C1CN(C(=O)COC(=O)C[C@@H]2C[C@H]3CC[C@@H]2C3)c2ccccc2N1. The number of anilines is 2. The molecular formula is C19H22N2O4. The number of ether oxygens (including phenoxy) is 1. The summed E-state index contributed by atoms with van der Waals surface area (Å²) < 4.78 is 5.22. The van der Waals surface area contributed by atoms with Gasteiger partial charge in [0.25, 0.3) is 5.91 Å². The number of hydrogen-bond donors (Lipinski definition) is 1. The Kier molecular flexibility index (Phi) is 4.19. The molecule has 0 aromatic heterocycles. The summed E-state index contributed by atoms with van der Waals surface area (Å²) in [5.41, 5.74) is 1.23. The first-order chi connectivity index (χ1) is 12.1. The lowest BCUT2D eigenvalue weighted by molar-refractivity contribution is -0.149. The number of rotatable bonds is 4. The van der Waals surface area contributed by atoms with Crippen LogP contribution >= 0.6 is 0 Å². The number of carbonyl (C=O) groups is 3. The molecule has 0 spiro atoms. The molecule has 2 fully saturated rings. The van der Waals surface area contributed by atoms with Crippen LogP contribution in [0, 0.1) is 17.8 Å². The second kappa shape index (κ2) is 6.50. The van der Waals surface area contributed by atoms with E-state index >= 15 is 0 Å². The van der Waals surface area contributed by atoms with Crippen molar-refractivity contribution in [3.05, 3.63) is 24.3 Å². The Bertz CT molecular complexity index is 717. The first-order valence-electron chi connectivity index (χ1n) is 8.95. The van der Waals surface area contributed by atoms with Gasteiger partial charge in [-0.25, -0.2) is 0 Å². The van der Waals surface area contributed by atoms with Gasteiger partial charge in [-0.2, -0.15) is 0 Å². The van der Waals surface area contributed by atoms with Crippen LogP contribution in [0.4, 0.5) is 11.4 Å². The Balaban J connectivity index is 1.33. The van der Waals surface area contributed by atoms with Gasteiger partial charge in [0.05, 0.1) is 11.4 Å². The number of nitrogens with one attached hydrogen (secondary N) is 1. The maximum absolute atomic E-state index is 12.4. The molecule has 132 valence electrons. The molecular weight excluding hydrogens is 320 g/mol. The second-order valence-corrected chi connectivity index (χ2v) is 7.34. The van der Waals surface area contributed by atoms with Crippen molar-refractivity contribution < 1.29 is 19.1 Å². The Labute approximate surface area is 146 Å². The molecule has 0 unspecified atom stereocenters. The van der Waals surface area contributed by atoms with Crippen LogP contribution in [0.3, 0.4) is 0 Å². The summed E-state index contributed by atoms with van der Waals surface area (Å²) in [6, 6.07) is 7.11. The van der Waals surface area contributed by atoms with Gasteiger partial charge in [-0.15, -0.1) is 0 Å². The summed E-state index contributed by atoms with van der Waals surface area (Å²) in [6.07, 6.45) is 5.29. The fraction of sp³-hybridized carbons (Fsp3) is 0.526. The van der Waals surface area contributed by atoms with Crippen molar-refractivity contribution in [2.45, 2.75) is 32.1 Å². The Morgan fingerprint density at radius 3 is 2.80 bits per heavy atom. The minimum atomic E-state index is -0.372. The number of benzene rings is 1. The Morgan fingerprint density at radius 2 is 2.04 bits per heavy atom. The van der Waals surface area contributed by atoms with Gasteiger partial charge in [-0.1, -0.05) is 18.6 Å². The number of amides is 2. The third kappa shape index (κ3) is 3.25. The van der Waals surface area contributed by atoms with Crippen molar-refractivity contribution in [2.24, 2.45) is 17.8 Å². The summed E-state index contributed by atoms with van der Waals surface area (Å²) in [4.78, 5) is 37.7. The molecule has 2 amide bonds. The highest BCUT2D eigenvalue weighted by Gasteiger charge is 2.40. The third-order valence-electron chi connectivity index (χ3n) is 5.74. The van der Waals surface area contributed by atoms with Gasteiger partial charge in [0, 0.05) is 6.42 Å². The molecule has 4 rings (SSSR count). The quantitative estimate of drug-likeness (QED) is 0.852. The van der Waals surface area contributed by atoms with E-state index in [1.165, 1.54) is 24.2 Å². The zero-order valence-corrected chi connectivity index (χ0v) is 14.1. The maximum atomic E-state index is 12.4. The molecule has 3 atom stereocenters. The van der Waals surface area contributed by atoms with E-state index in [1.807, 2.05) is 0 Å². The largest absolute Gasteiger partial charge is 0.456 e. The van der Waals surface area contributed by atoms with E-state index in [1.54, 1.807) is 24.3 Å². The monoisotopic (exact) mass is 342 g/mol. The number of para-hydroxylation sites is 2. The molecule has 6 nitrogen and oxygen atoms in total. The molecule has 6 heteroatoms. The van der Waals surface area contributed by atoms with E-state index in [4.69, 9.17) is 4.74 Å². The maximum Gasteiger partial charge on any atom is 0.306 e. The van der Waals surface area contributed by atoms with Gasteiger partial charge in [-0.3, -0.25) is 19.3 Å². The molecule has 1 heterocycles. The van der Waals surface area contributed by atoms with Crippen molar-refractivity contribution in [1.82, 2.24) is 0 Å². The molecule has 1 aromatic rings. The van der Waals surface area contributed by atoms with Gasteiger partial charge < -0.3 is 10.1 Å². The molecule has 1 aliphatic heterocycles. The van der Waals surface area contributed by atoms with E-state index in [0.717, 1.165) is 12.3 Å². The summed E-state index contributed by atoms with van der Waals surface area (Å²) in [5.74, 6) is 0.936. The van der Waals surface area contributed by atoms with Crippen LogP contribution in [-0.2, 0) is 19.1 Å². The van der Waals surface area contributed by atoms with E-state index in [2.05, 4.69) is 5.32 Å². The number of carbonyl (C=O) groups excluding carboxylic acids is 3. The van der Waals surface area contributed by atoms with E-state index in [-0.39, 0.29) is 30.9 Å².